The number of aromatic nitrogens is 1. The summed E-state index contributed by atoms with van der Waals surface area (Å²) in [6, 6.07) is 4.26. The van der Waals surface area contributed by atoms with Crippen LogP contribution in [0.3, 0.4) is 0 Å². The van der Waals surface area contributed by atoms with Gasteiger partial charge in [0.15, 0.2) is 0 Å². The highest BCUT2D eigenvalue weighted by molar-refractivity contribution is 9.11. The average molecular weight is 361 g/mol. The lowest BCUT2D eigenvalue weighted by Crippen LogP contribution is -2.25. The molecule has 0 aromatic carbocycles. The van der Waals surface area contributed by atoms with E-state index in [9.17, 15) is 0 Å². The molecule has 2 aromatic heterocycles. The van der Waals surface area contributed by atoms with Gasteiger partial charge in [0.1, 0.15) is 5.76 Å². The minimum atomic E-state index is 0.0862. The molecule has 6 heteroatoms. The molecule has 0 aliphatic heterocycles. The van der Waals surface area contributed by atoms with E-state index in [1.807, 2.05) is 13.8 Å². The monoisotopic (exact) mass is 360 g/mol. The van der Waals surface area contributed by atoms with Crippen molar-refractivity contribution in [2.24, 2.45) is 5.73 Å². The van der Waals surface area contributed by atoms with Gasteiger partial charge in [0.25, 0.3) is 5.22 Å². The lowest BCUT2D eigenvalue weighted by Gasteiger charge is -2.19. The first-order valence-electron chi connectivity index (χ1n) is 6.12. The van der Waals surface area contributed by atoms with Gasteiger partial charge < -0.3 is 10.2 Å². The third-order valence-corrected chi connectivity index (χ3v) is 6.06. The Morgan fingerprint density at radius 3 is 2.68 bits per heavy atom. The van der Waals surface area contributed by atoms with Gasteiger partial charge >= 0.3 is 0 Å². The van der Waals surface area contributed by atoms with E-state index in [-0.39, 0.29) is 11.3 Å². The van der Waals surface area contributed by atoms with Gasteiger partial charge in [0, 0.05) is 10.9 Å². The molecule has 2 aromatic rings. The molecule has 0 aliphatic rings. The van der Waals surface area contributed by atoms with Crippen LogP contribution in [0, 0.1) is 13.8 Å². The fraction of sp³-hybridized carbons (Fsp3) is 0.462. The van der Waals surface area contributed by atoms with E-state index < -0.39 is 0 Å². The smallest absolute Gasteiger partial charge is 0.256 e. The molecule has 0 radical (unpaired) electrons. The number of hydrogen-bond acceptors (Lipinski definition) is 5. The molecule has 0 spiro atoms. The molecule has 19 heavy (non-hydrogen) atoms. The van der Waals surface area contributed by atoms with Crippen LogP contribution in [0.25, 0.3) is 0 Å². The average Bonchev–Trinajstić information content (AvgIpc) is 2.93. The molecule has 0 bridgehead atoms. The van der Waals surface area contributed by atoms with Gasteiger partial charge in [-0.2, -0.15) is 0 Å². The highest BCUT2D eigenvalue weighted by Gasteiger charge is 2.24. The molecule has 2 rings (SSSR count). The molecule has 0 aliphatic carbocycles. The van der Waals surface area contributed by atoms with Crippen molar-refractivity contribution in [1.82, 2.24) is 4.98 Å². The summed E-state index contributed by atoms with van der Waals surface area (Å²) in [7, 11) is 0. The van der Waals surface area contributed by atoms with E-state index in [1.165, 1.54) is 4.88 Å². The number of oxazole rings is 1. The number of nitrogens with zero attached hydrogens (tertiary/aromatic N) is 1. The first-order valence-corrected chi connectivity index (χ1v) is 8.61. The molecule has 2 atom stereocenters. The molecule has 104 valence electrons. The van der Waals surface area contributed by atoms with Gasteiger partial charge in [-0.25, -0.2) is 4.98 Å². The van der Waals surface area contributed by atoms with Crippen molar-refractivity contribution in [1.29, 1.82) is 0 Å². The summed E-state index contributed by atoms with van der Waals surface area (Å²) in [6.07, 6.45) is 0.922. The molecule has 2 heterocycles. The Morgan fingerprint density at radius 1 is 1.47 bits per heavy atom. The van der Waals surface area contributed by atoms with Crippen molar-refractivity contribution >= 4 is 39.0 Å². The van der Waals surface area contributed by atoms with Crippen LogP contribution in [-0.4, -0.2) is 11.0 Å². The Kier molecular flexibility index (Phi) is 5.11. The Bertz CT molecular complexity index is 533. The Labute approximate surface area is 130 Å². The normalized spacial score (nSPS) is 14.6. The fourth-order valence-electron chi connectivity index (χ4n) is 1.65. The summed E-state index contributed by atoms with van der Waals surface area (Å²) in [4.78, 5) is 5.68. The van der Waals surface area contributed by atoms with Gasteiger partial charge in [-0.05, 0) is 48.3 Å². The zero-order valence-corrected chi connectivity index (χ0v) is 14.4. The van der Waals surface area contributed by atoms with E-state index in [2.05, 4.69) is 40.0 Å². The second kappa shape index (κ2) is 6.43. The maximum Gasteiger partial charge on any atom is 0.256 e. The molecule has 2 N–H and O–H groups in total. The first kappa shape index (κ1) is 15.1. The maximum absolute atomic E-state index is 6.25. The van der Waals surface area contributed by atoms with Crippen molar-refractivity contribution in [2.75, 3.05) is 0 Å². The summed E-state index contributed by atoms with van der Waals surface area (Å²) in [5.74, 6) is 0.874. The van der Waals surface area contributed by atoms with Crippen molar-refractivity contribution in [3.8, 4) is 0 Å². The molecule has 3 nitrogen and oxygen atoms in total. The van der Waals surface area contributed by atoms with Gasteiger partial charge in [0.2, 0.25) is 0 Å². The molecular weight excluding hydrogens is 344 g/mol. The quantitative estimate of drug-likeness (QED) is 0.786. The molecule has 2 unspecified atom stereocenters. The number of rotatable bonds is 5. The Balaban J connectivity index is 2.23. The third kappa shape index (κ3) is 3.62. The van der Waals surface area contributed by atoms with Crippen molar-refractivity contribution in [3.05, 3.63) is 32.3 Å². The summed E-state index contributed by atoms with van der Waals surface area (Å²) in [5.41, 5.74) is 7.20. The number of thioether (sulfide) groups is 1. The Morgan fingerprint density at radius 2 is 2.21 bits per heavy atom. The largest absolute Gasteiger partial charge is 0.437 e. The number of thiophene rings is 1. The van der Waals surface area contributed by atoms with Crippen LogP contribution < -0.4 is 5.73 Å². The molecule has 0 saturated carbocycles. The highest BCUT2D eigenvalue weighted by Crippen LogP contribution is 2.41. The first-order chi connectivity index (χ1) is 9.01. The molecular formula is C13H17BrN2OS2. The van der Waals surface area contributed by atoms with Crippen molar-refractivity contribution < 1.29 is 4.42 Å². The van der Waals surface area contributed by atoms with E-state index in [4.69, 9.17) is 10.2 Å². The van der Waals surface area contributed by atoms with Crippen LogP contribution in [-0.2, 0) is 0 Å². The fourth-order valence-corrected chi connectivity index (χ4v) is 4.57. The van der Waals surface area contributed by atoms with Crippen LogP contribution in [0.4, 0.5) is 0 Å². The lowest BCUT2D eigenvalue weighted by atomic mass is 10.1. The molecule has 0 amide bonds. The minimum absolute atomic E-state index is 0.0862. The molecule has 0 saturated heterocycles. The van der Waals surface area contributed by atoms with E-state index >= 15 is 0 Å². The van der Waals surface area contributed by atoms with Gasteiger partial charge in [-0.15, -0.1) is 11.3 Å². The summed E-state index contributed by atoms with van der Waals surface area (Å²) < 4.78 is 6.78. The van der Waals surface area contributed by atoms with Crippen LogP contribution >= 0.6 is 39.0 Å². The zero-order chi connectivity index (χ0) is 14.0. The van der Waals surface area contributed by atoms with Crippen LogP contribution in [0.15, 0.2) is 25.6 Å². The topological polar surface area (TPSA) is 52.0 Å². The maximum atomic E-state index is 6.25. The predicted octanol–water partition coefficient (Wildman–Crippen LogP) is 4.69. The zero-order valence-electron chi connectivity index (χ0n) is 11.1. The van der Waals surface area contributed by atoms with E-state index in [1.54, 1.807) is 23.1 Å². The van der Waals surface area contributed by atoms with Crippen LogP contribution in [0.2, 0.25) is 0 Å². The molecule has 0 fully saturated rings. The van der Waals surface area contributed by atoms with E-state index in [0.717, 1.165) is 21.7 Å². The van der Waals surface area contributed by atoms with E-state index in [0.29, 0.717) is 5.22 Å². The lowest BCUT2D eigenvalue weighted by molar-refractivity contribution is 0.429. The number of halogens is 1. The van der Waals surface area contributed by atoms with Crippen LogP contribution in [0.5, 0.6) is 0 Å². The van der Waals surface area contributed by atoms with Crippen molar-refractivity contribution in [3.63, 3.8) is 0 Å². The number of nitrogens with two attached hydrogens (primary N) is 1. The number of aryl methyl sites for hydroxylation is 2. The van der Waals surface area contributed by atoms with Gasteiger partial charge in [0.05, 0.1) is 14.7 Å². The Hall–Kier alpha value is -0.300. The third-order valence-electron chi connectivity index (χ3n) is 2.97. The minimum Gasteiger partial charge on any atom is -0.437 e. The summed E-state index contributed by atoms with van der Waals surface area (Å²) >= 11 is 6.83. The number of hydrogen-bond donors (Lipinski definition) is 1. The summed E-state index contributed by atoms with van der Waals surface area (Å²) in [5, 5.41) is 0.882. The van der Waals surface area contributed by atoms with Crippen molar-refractivity contribution in [2.45, 2.75) is 43.7 Å². The second-order valence-electron chi connectivity index (χ2n) is 4.37. The SMILES string of the molecule is CCC(N)C(Sc1nc(C)c(C)o1)c1ccc(Br)s1. The van der Waals surface area contributed by atoms with Crippen LogP contribution in [0.1, 0.15) is 34.9 Å². The van der Waals surface area contributed by atoms with Gasteiger partial charge in [-0.1, -0.05) is 18.7 Å². The predicted molar refractivity (Wildman–Crippen MR) is 84.9 cm³/mol. The highest BCUT2D eigenvalue weighted by atomic mass is 79.9. The summed E-state index contributed by atoms with van der Waals surface area (Å²) in [6.45, 7) is 6.00. The standard InChI is InChI=1S/C13H17BrN2OS2/c1-4-9(15)12(10-5-6-11(14)18-10)19-13-16-7(2)8(3)17-13/h5-6,9,12H,4,15H2,1-3H3. The van der Waals surface area contributed by atoms with Gasteiger partial charge in [-0.3, -0.25) is 0 Å². The second-order valence-corrected chi connectivity index (χ2v) is 7.96.